The molecule has 2 heterocycles. The van der Waals surface area contributed by atoms with Crippen LogP contribution >= 0.6 is 0 Å². The first kappa shape index (κ1) is 49.3. The molecule has 0 aromatic heterocycles. The molecule has 11 amide bonds. The minimum atomic E-state index is -1.14. The van der Waals surface area contributed by atoms with Crippen LogP contribution in [0.1, 0.15) is 85.5 Å². The minimum absolute atomic E-state index is 0.00638. The standard InChI is InChI=1S/C37H59N9O13/c1-5-58-36(56)42-12-8-7-9-26(44-37(57)59-6-2)33(53)43-25(21-29(49)40-15-13-38-27(47)10-17-45-31(51)19-23(3)34(45)54)22-30(50)41-16-14-39-28(48)11-18-46-32(52)20-24(4)35(46)55/h23-26H,5-22H2,1-4H3,(H,38,47)(H,39,48)(H,40,49)(H,41,50)(H,42,56)(H,43,53)(H,44,57). The number of amides is 11. The summed E-state index contributed by atoms with van der Waals surface area (Å²) in [6.07, 6.45) is -1.37. The van der Waals surface area contributed by atoms with E-state index in [1.165, 1.54) is 0 Å². The van der Waals surface area contributed by atoms with Gasteiger partial charge in [-0.15, -0.1) is 0 Å². The molecule has 2 saturated heterocycles. The van der Waals surface area contributed by atoms with Crippen LogP contribution in [0.4, 0.5) is 9.59 Å². The summed E-state index contributed by atoms with van der Waals surface area (Å²) in [5.74, 6) is -4.97. The molecular formula is C37H59N9O13. The maximum Gasteiger partial charge on any atom is 0.407 e. The van der Waals surface area contributed by atoms with E-state index in [1.807, 2.05) is 0 Å². The molecule has 22 nitrogen and oxygen atoms in total. The zero-order valence-corrected chi connectivity index (χ0v) is 34.2. The fourth-order valence-electron chi connectivity index (χ4n) is 6.08. The average Bonchev–Trinajstić information content (AvgIpc) is 3.56. The molecule has 59 heavy (non-hydrogen) atoms. The van der Waals surface area contributed by atoms with E-state index in [-0.39, 0.29) is 128 Å². The third-order valence-corrected chi connectivity index (χ3v) is 9.16. The van der Waals surface area contributed by atoms with Gasteiger partial charge in [-0.05, 0) is 33.1 Å². The number of likely N-dealkylation sites (tertiary alicyclic amines) is 2. The number of rotatable bonds is 26. The van der Waals surface area contributed by atoms with Crippen molar-refractivity contribution in [1.82, 2.24) is 47.0 Å². The van der Waals surface area contributed by atoms with Gasteiger partial charge in [0.2, 0.25) is 53.2 Å². The van der Waals surface area contributed by atoms with Crippen LogP contribution < -0.4 is 37.2 Å². The number of nitrogens with zero attached hydrogens (tertiary/aromatic N) is 2. The van der Waals surface area contributed by atoms with E-state index in [1.54, 1.807) is 27.7 Å². The Labute approximate surface area is 342 Å². The number of alkyl carbamates (subject to hydrolysis) is 2. The summed E-state index contributed by atoms with van der Waals surface area (Å²) in [5.41, 5.74) is 0. The Morgan fingerprint density at radius 1 is 0.593 bits per heavy atom. The smallest absolute Gasteiger partial charge is 0.407 e. The first-order valence-electron chi connectivity index (χ1n) is 20.0. The molecule has 2 rings (SSSR count). The van der Waals surface area contributed by atoms with Crippen LogP contribution in [0.25, 0.3) is 0 Å². The lowest BCUT2D eigenvalue weighted by Crippen LogP contribution is -2.51. The van der Waals surface area contributed by atoms with Gasteiger partial charge in [0, 0.05) is 102 Å². The summed E-state index contributed by atoms with van der Waals surface area (Å²) in [5, 5.41) is 18.1. The molecule has 0 aromatic rings. The average molecular weight is 838 g/mol. The lowest BCUT2D eigenvalue weighted by Gasteiger charge is -2.23. The predicted octanol–water partition coefficient (Wildman–Crippen LogP) is -1.68. The lowest BCUT2D eigenvalue weighted by molar-refractivity contribution is -0.141. The van der Waals surface area contributed by atoms with Crippen LogP contribution in [-0.2, 0) is 52.6 Å². The van der Waals surface area contributed by atoms with Crippen LogP contribution in [-0.4, -0.2) is 146 Å². The van der Waals surface area contributed by atoms with Crippen molar-refractivity contribution >= 4 is 65.4 Å². The Morgan fingerprint density at radius 2 is 1.03 bits per heavy atom. The van der Waals surface area contributed by atoms with Crippen molar-refractivity contribution in [3.05, 3.63) is 0 Å². The fourth-order valence-corrected chi connectivity index (χ4v) is 6.08. The normalized spacial score (nSPS) is 17.2. The molecular weight excluding hydrogens is 778 g/mol. The monoisotopic (exact) mass is 837 g/mol. The number of carbonyl (C=O) groups is 11. The second-order valence-electron chi connectivity index (χ2n) is 14.1. The summed E-state index contributed by atoms with van der Waals surface area (Å²) in [6.45, 7) is 6.82. The van der Waals surface area contributed by atoms with Gasteiger partial charge >= 0.3 is 12.2 Å². The summed E-state index contributed by atoms with van der Waals surface area (Å²) < 4.78 is 9.76. The van der Waals surface area contributed by atoms with Crippen LogP contribution in [0.3, 0.4) is 0 Å². The second-order valence-corrected chi connectivity index (χ2v) is 14.1. The van der Waals surface area contributed by atoms with Crippen molar-refractivity contribution in [2.24, 2.45) is 11.8 Å². The van der Waals surface area contributed by atoms with Crippen LogP contribution in [0.5, 0.6) is 0 Å². The fraction of sp³-hybridized carbons (Fsp3) is 0.703. The summed E-state index contributed by atoms with van der Waals surface area (Å²) in [4.78, 5) is 138. The van der Waals surface area contributed by atoms with Gasteiger partial charge in [-0.3, -0.25) is 53.0 Å². The highest BCUT2D eigenvalue weighted by atomic mass is 16.6. The van der Waals surface area contributed by atoms with Gasteiger partial charge < -0.3 is 46.7 Å². The van der Waals surface area contributed by atoms with Gasteiger partial charge in [-0.1, -0.05) is 13.8 Å². The topological polar surface area (TPSA) is 297 Å². The van der Waals surface area contributed by atoms with Gasteiger partial charge in [0.25, 0.3) is 0 Å². The second kappa shape index (κ2) is 26.2. The quantitative estimate of drug-likeness (QED) is 0.0379. The van der Waals surface area contributed by atoms with Crippen molar-refractivity contribution < 1.29 is 62.2 Å². The number of hydrogen-bond donors (Lipinski definition) is 7. The van der Waals surface area contributed by atoms with Gasteiger partial charge in [0.05, 0.1) is 13.2 Å². The molecule has 0 radical (unpaired) electrons. The van der Waals surface area contributed by atoms with Crippen molar-refractivity contribution in [3.63, 3.8) is 0 Å². The highest BCUT2D eigenvalue weighted by Gasteiger charge is 2.36. The van der Waals surface area contributed by atoms with Crippen molar-refractivity contribution in [1.29, 1.82) is 0 Å². The number of carbonyl (C=O) groups excluding carboxylic acids is 11. The molecule has 0 saturated carbocycles. The summed E-state index contributed by atoms with van der Waals surface area (Å²) in [6, 6.07) is -2.22. The van der Waals surface area contributed by atoms with Gasteiger partial charge in [-0.2, -0.15) is 0 Å². The Morgan fingerprint density at radius 3 is 1.46 bits per heavy atom. The Balaban J connectivity index is 1.95. The van der Waals surface area contributed by atoms with Crippen molar-refractivity contribution in [2.45, 2.75) is 97.6 Å². The Kier molecular flexibility index (Phi) is 21.9. The molecule has 2 fully saturated rings. The highest BCUT2D eigenvalue weighted by Crippen LogP contribution is 2.19. The third-order valence-electron chi connectivity index (χ3n) is 9.16. The van der Waals surface area contributed by atoms with Crippen LogP contribution in [0, 0.1) is 11.8 Å². The van der Waals surface area contributed by atoms with Gasteiger partial charge in [-0.25, -0.2) is 9.59 Å². The van der Waals surface area contributed by atoms with Crippen LogP contribution in [0.15, 0.2) is 0 Å². The SMILES string of the molecule is CCOC(=O)NCCCCC(NC(=O)OCC)C(=O)NC(CC(=O)NCCNC(=O)CCN1C(=O)CC(C)C1=O)CC(=O)NCCNC(=O)CCN1C(=O)CC(C)C1=O. The lowest BCUT2D eigenvalue weighted by atomic mass is 10.1. The van der Waals surface area contributed by atoms with E-state index < -0.39 is 65.6 Å². The zero-order chi connectivity index (χ0) is 43.9. The first-order chi connectivity index (χ1) is 28.1. The maximum atomic E-state index is 13.5. The molecule has 0 aliphatic carbocycles. The van der Waals surface area contributed by atoms with Crippen LogP contribution in [0.2, 0.25) is 0 Å². The number of nitrogens with one attached hydrogen (secondary N) is 7. The van der Waals surface area contributed by atoms with Gasteiger partial charge in [0.1, 0.15) is 6.04 Å². The van der Waals surface area contributed by atoms with E-state index in [0.717, 1.165) is 9.80 Å². The molecule has 330 valence electrons. The Hall–Kier alpha value is -5.83. The predicted molar refractivity (Wildman–Crippen MR) is 206 cm³/mol. The van der Waals surface area contributed by atoms with E-state index in [2.05, 4.69) is 37.2 Å². The zero-order valence-electron chi connectivity index (χ0n) is 34.2. The number of hydrogen-bond acceptors (Lipinski definition) is 13. The molecule has 7 N–H and O–H groups in total. The molecule has 0 aromatic carbocycles. The van der Waals surface area contributed by atoms with E-state index in [4.69, 9.17) is 9.47 Å². The Bertz CT molecular complexity index is 1460. The van der Waals surface area contributed by atoms with Crippen molar-refractivity contribution in [3.8, 4) is 0 Å². The number of imide groups is 2. The molecule has 2 aliphatic rings. The third kappa shape index (κ3) is 18.5. The number of ether oxygens (including phenoxy) is 2. The summed E-state index contributed by atoms with van der Waals surface area (Å²) >= 11 is 0. The van der Waals surface area contributed by atoms with E-state index in [9.17, 15) is 52.7 Å². The summed E-state index contributed by atoms with van der Waals surface area (Å²) in [7, 11) is 0. The molecule has 0 bridgehead atoms. The van der Waals surface area contributed by atoms with E-state index >= 15 is 0 Å². The minimum Gasteiger partial charge on any atom is -0.450 e. The molecule has 3 unspecified atom stereocenters. The van der Waals surface area contributed by atoms with E-state index in [0.29, 0.717) is 12.8 Å². The van der Waals surface area contributed by atoms with Crippen molar-refractivity contribution in [2.75, 3.05) is 59.0 Å². The molecule has 3 atom stereocenters. The largest absolute Gasteiger partial charge is 0.450 e. The molecule has 0 spiro atoms. The number of unbranched alkanes of at least 4 members (excludes halogenated alkanes) is 1. The molecule has 22 heteroatoms. The molecule has 2 aliphatic heterocycles. The first-order valence-corrected chi connectivity index (χ1v) is 20.0. The maximum absolute atomic E-state index is 13.5. The van der Waals surface area contributed by atoms with Gasteiger partial charge in [0.15, 0.2) is 0 Å². The highest BCUT2D eigenvalue weighted by molar-refractivity contribution is 6.04.